The van der Waals surface area contributed by atoms with Gasteiger partial charge in [0.25, 0.3) is 0 Å². The van der Waals surface area contributed by atoms with E-state index in [9.17, 15) is 9.59 Å². The van der Waals surface area contributed by atoms with Crippen molar-refractivity contribution in [2.45, 2.75) is 25.7 Å². The summed E-state index contributed by atoms with van der Waals surface area (Å²) in [6, 6.07) is 0. The first-order chi connectivity index (χ1) is 6.72. The molecule has 3 heteroatoms. The Morgan fingerprint density at radius 1 is 1.57 bits per heavy atom. The Balaban J connectivity index is 2.36. The zero-order valence-corrected chi connectivity index (χ0v) is 8.29. The Hall–Kier alpha value is -1.38. The first kappa shape index (κ1) is 10.7. The summed E-state index contributed by atoms with van der Waals surface area (Å²) in [4.78, 5) is 21.9. The first-order valence-corrected chi connectivity index (χ1v) is 4.69. The Morgan fingerprint density at radius 3 is 2.93 bits per heavy atom. The fourth-order valence-corrected chi connectivity index (χ4v) is 1.32. The predicted octanol–water partition coefficient (Wildman–Crippen LogP) is 1.79. The van der Waals surface area contributed by atoms with Gasteiger partial charge in [-0.3, -0.25) is 9.59 Å². The van der Waals surface area contributed by atoms with Crippen LogP contribution in [0.1, 0.15) is 25.7 Å². The van der Waals surface area contributed by atoms with E-state index >= 15 is 0 Å². The summed E-state index contributed by atoms with van der Waals surface area (Å²) >= 11 is 0. The topological polar surface area (TPSA) is 43.4 Å². The summed E-state index contributed by atoms with van der Waals surface area (Å²) in [5.41, 5.74) is 1.18. The second-order valence-corrected chi connectivity index (χ2v) is 3.22. The predicted molar refractivity (Wildman–Crippen MR) is 52.7 cm³/mol. The van der Waals surface area contributed by atoms with Crippen LogP contribution < -0.4 is 0 Å². The molecule has 0 bridgehead atoms. The largest absolute Gasteiger partial charge is 0.469 e. The van der Waals surface area contributed by atoms with Gasteiger partial charge in [-0.25, -0.2) is 0 Å². The highest BCUT2D eigenvalue weighted by Crippen LogP contribution is 2.18. The molecule has 0 aromatic carbocycles. The van der Waals surface area contributed by atoms with Crippen molar-refractivity contribution in [2.24, 2.45) is 0 Å². The van der Waals surface area contributed by atoms with Crippen molar-refractivity contribution >= 4 is 11.8 Å². The quantitative estimate of drug-likeness (QED) is 0.389. The summed E-state index contributed by atoms with van der Waals surface area (Å²) in [6.45, 7) is 0. The highest BCUT2D eigenvalue weighted by molar-refractivity contribution is 6.02. The van der Waals surface area contributed by atoms with Crippen LogP contribution in [-0.4, -0.2) is 18.9 Å². The third-order valence-corrected chi connectivity index (χ3v) is 2.11. The van der Waals surface area contributed by atoms with Crippen LogP contribution in [0.4, 0.5) is 0 Å². The lowest BCUT2D eigenvalue weighted by Crippen LogP contribution is -2.06. The van der Waals surface area contributed by atoms with E-state index in [2.05, 4.69) is 10.8 Å². The van der Waals surface area contributed by atoms with Crippen molar-refractivity contribution in [2.75, 3.05) is 7.11 Å². The smallest absolute Gasteiger partial charge is 0.313 e. The average Bonchev–Trinajstić information content (AvgIpc) is 2.67. The SMILES string of the molecule is COC(=O)CC(=O)/C=C/C1=CCCC1. The second kappa shape index (κ2) is 5.37. The monoisotopic (exact) mass is 194 g/mol. The molecule has 0 saturated carbocycles. The van der Waals surface area contributed by atoms with Crippen LogP contribution in [-0.2, 0) is 14.3 Å². The lowest BCUT2D eigenvalue weighted by molar-refractivity contribution is -0.142. The molecule has 0 amide bonds. The van der Waals surface area contributed by atoms with Crippen molar-refractivity contribution < 1.29 is 14.3 Å². The van der Waals surface area contributed by atoms with E-state index in [-0.39, 0.29) is 12.2 Å². The van der Waals surface area contributed by atoms with E-state index < -0.39 is 5.97 Å². The molecule has 0 fully saturated rings. The molecule has 0 N–H and O–H groups in total. The van der Waals surface area contributed by atoms with Gasteiger partial charge in [-0.05, 0) is 25.3 Å². The number of ketones is 1. The van der Waals surface area contributed by atoms with Crippen LogP contribution in [0.25, 0.3) is 0 Å². The van der Waals surface area contributed by atoms with Crippen LogP contribution in [0.5, 0.6) is 0 Å². The summed E-state index contributed by atoms with van der Waals surface area (Å²) in [5, 5.41) is 0. The number of carbonyl (C=O) groups is 2. The van der Waals surface area contributed by atoms with E-state index in [1.807, 2.05) is 0 Å². The molecule has 1 aliphatic rings. The minimum atomic E-state index is -0.486. The average molecular weight is 194 g/mol. The third kappa shape index (κ3) is 3.56. The molecule has 1 rings (SSSR count). The summed E-state index contributed by atoms with van der Waals surface area (Å²) in [7, 11) is 1.28. The Labute approximate surface area is 83.4 Å². The minimum Gasteiger partial charge on any atom is -0.469 e. The molecule has 0 aliphatic heterocycles. The maximum absolute atomic E-state index is 11.2. The van der Waals surface area contributed by atoms with Gasteiger partial charge in [0.1, 0.15) is 6.42 Å². The molecule has 0 aromatic heterocycles. The molecule has 0 heterocycles. The Bertz CT molecular complexity index is 287. The number of esters is 1. The van der Waals surface area contributed by atoms with Gasteiger partial charge < -0.3 is 4.74 Å². The number of carbonyl (C=O) groups excluding carboxylic acids is 2. The molecular formula is C11H14O3. The van der Waals surface area contributed by atoms with Gasteiger partial charge in [-0.1, -0.05) is 17.7 Å². The molecule has 76 valence electrons. The summed E-state index contributed by atoms with van der Waals surface area (Å²) < 4.78 is 4.38. The normalized spacial score (nSPS) is 15.6. The lowest BCUT2D eigenvalue weighted by Gasteiger charge is -1.94. The maximum atomic E-state index is 11.2. The van der Waals surface area contributed by atoms with E-state index in [0.717, 1.165) is 19.3 Å². The van der Waals surface area contributed by atoms with Gasteiger partial charge in [0.2, 0.25) is 0 Å². The van der Waals surface area contributed by atoms with Crippen LogP contribution in [0.2, 0.25) is 0 Å². The Morgan fingerprint density at radius 2 is 2.36 bits per heavy atom. The molecule has 0 radical (unpaired) electrons. The van der Waals surface area contributed by atoms with Crippen molar-refractivity contribution in [1.82, 2.24) is 0 Å². The van der Waals surface area contributed by atoms with Gasteiger partial charge in [0.05, 0.1) is 7.11 Å². The molecule has 0 saturated heterocycles. The summed E-state index contributed by atoms with van der Waals surface area (Å²) in [5.74, 6) is -0.690. The van der Waals surface area contributed by atoms with Crippen LogP contribution in [0.15, 0.2) is 23.8 Å². The summed E-state index contributed by atoms with van der Waals surface area (Å²) in [6.07, 6.45) is 8.46. The van der Waals surface area contributed by atoms with Crippen molar-refractivity contribution in [3.05, 3.63) is 23.8 Å². The van der Waals surface area contributed by atoms with Gasteiger partial charge in [-0.2, -0.15) is 0 Å². The van der Waals surface area contributed by atoms with E-state index in [0.29, 0.717) is 0 Å². The zero-order valence-electron chi connectivity index (χ0n) is 8.29. The fourth-order valence-electron chi connectivity index (χ4n) is 1.32. The molecule has 0 atom stereocenters. The third-order valence-electron chi connectivity index (χ3n) is 2.11. The second-order valence-electron chi connectivity index (χ2n) is 3.22. The van der Waals surface area contributed by atoms with Crippen LogP contribution >= 0.6 is 0 Å². The van der Waals surface area contributed by atoms with E-state index in [4.69, 9.17) is 0 Å². The van der Waals surface area contributed by atoms with Gasteiger partial charge >= 0.3 is 5.97 Å². The molecule has 0 aromatic rings. The number of allylic oxidation sites excluding steroid dienone is 4. The highest BCUT2D eigenvalue weighted by Gasteiger charge is 2.06. The molecule has 0 spiro atoms. The van der Waals surface area contributed by atoms with Gasteiger partial charge in [0, 0.05) is 0 Å². The van der Waals surface area contributed by atoms with Crippen molar-refractivity contribution in [3.63, 3.8) is 0 Å². The maximum Gasteiger partial charge on any atom is 0.313 e. The fraction of sp³-hybridized carbons (Fsp3) is 0.455. The van der Waals surface area contributed by atoms with E-state index in [1.165, 1.54) is 18.8 Å². The van der Waals surface area contributed by atoms with E-state index in [1.54, 1.807) is 6.08 Å². The zero-order chi connectivity index (χ0) is 10.4. The standard InChI is InChI=1S/C11H14O3/c1-14-11(13)8-10(12)7-6-9-4-2-3-5-9/h4,6-7H,2-3,5,8H2,1H3/b7-6+. The van der Waals surface area contributed by atoms with Crippen LogP contribution in [0.3, 0.4) is 0 Å². The van der Waals surface area contributed by atoms with Gasteiger partial charge in [-0.15, -0.1) is 0 Å². The van der Waals surface area contributed by atoms with Crippen LogP contribution in [0, 0.1) is 0 Å². The van der Waals surface area contributed by atoms with Gasteiger partial charge in [0.15, 0.2) is 5.78 Å². The Kier molecular flexibility index (Phi) is 4.11. The number of hydrogen-bond donors (Lipinski definition) is 0. The minimum absolute atomic E-state index is 0.166. The number of hydrogen-bond acceptors (Lipinski definition) is 3. The number of methoxy groups -OCH3 is 1. The highest BCUT2D eigenvalue weighted by atomic mass is 16.5. The molecular weight excluding hydrogens is 180 g/mol. The molecule has 3 nitrogen and oxygen atoms in total. The number of rotatable bonds is 4. The number of ether oxygens (including phenoxy) is 1. The van der Waals surface area contributed by atoms with Crippen molar-refractivity contribution in [1.29, 1.82) is 0 Å². The lowest BCUT2D eigenvalue weighted by atomic mass is 10.2. The molecule has 14 heavy (non-hydrogen) atoms. The molecule has 1 aliphatic carbocycles. The van der Waals surface area contributed by atoms with Crippen molar-refractivity contribution in [3.8, 4) is 0 Å². The first-order valence-electron chi connectivity index (χ1n) is 4.69. The molecule has 0 unspecified atom stereocenters.